The molecule has 1 aromatic heterocycles. The second kappa shape index (κ2) is 9.46. The molecule has 1 aliphatic heterocycles. The Morgan fingerprint density at radius 2 is 1.87 bits per heavy atom. The molecule has 0 bridgehead atoms. The molecule has 9 nitrogen and oxygen atoms in total. The molecule has 11 heteroatoms. The Hall–Kier alpha value is -3.31. The second-order valence-corrected chi connectivity index (χ2v) is 8.27. The third-order valence-corrected chi connectivity index (χ3v) is 5.88. The van der Waals surface area contributed by atoms with Gasteiger partial charge in [-0.25, -0.2) is 4.79 Å². The first-order chi connectivity index (χ1) is 14.7. The van der Waals surface area contributed by atoms with Gasteiger partial charge in [0.05, 0.1) is 5.75 Å². The van der Waals surface area contributed by atoms with Crippen LogP contribution in [0.15, 0.2) is 52.9 Å². The van der Waals surface area contributed by atoms with E-state index in [0.29, 0.717) is 33.2 Å². The Morgan fingerprint density at radius 1 is 1.03 bits per heavy atom. The number of nitrogens with zero attached hydrogens (tertiary/aromatic N) is 2. The average Bonchev–Trinajstić information content (AvgIpc) is 3.40. The molecule has 0 atom stereocenters. The fraction of sp³-hybridized carbons (Fsp3) is 0.158. The molecule has 3 aromatic rings. The lowest BCUT2D eigenvalue weighted by molar-refractivity contribution is -0.118. The molecule has 0 saturated heterocycles. The van der Waals surface area contributed by atoms with E-state index in [9.17, 15) is 9.59 Å². The van der Waals surface area contributed by atoms with E-state index < -0.39 is 6.03 Å². The van der Waals surface area contributed by atoms with Crippen LogP contribution in [0.5, 0.6) is 11.5 Å². The Kier molecular flexibility index (Phi) is 6.30. The van der Waals surface area contributed by atoms with Crippen molar-refractivity contribution >= 4 is 45.9 Å². The van der Waals surface area contributed by atoms with Gasteiger partial charge in [-0.3, -0.25) is 10.1 Å². The van der Waals surface area contributed by atoms with Crippen molar-refractivity contribution in [3.05, 3.63) is 54.1 Å². The summed E-state index contributed by atoms with van der Waals surface area (Å²) in [6, 6.07) is 14.2. The minimum atomic E-state index is -0.407. The van der Waals surface area contributed by atoms with Gasteiger partial charge in [0.15, 0.2) is 15.8 Å². The third-order valence-electron chi connectivity index (χ3n) is 3.91. The van der Waals surface area contributed by atoms with Gasteiger partial charge in [0.25, 0.3) is 0 Å². The lowest BCUT2D eigenvalue weighted by atomic mass is 10.2. The normalized spacial score (nSPS) is 11.7. The van der Waals surface area contributed by atoms with Gasteiger partial charge in [-0.1, -0.05) is 47.4 Å². The van der Waals surface area contributed by atoms with E-state index in [1.165, 1.54) is 23.1 Å². The topological polar surface area (TPSA) is 114 Å². The number of carbonyl (C=O) groups is 2. The third kappa shape index (κ3) is 5.39. The van der Waals surface area contributed by atoms with Gasteiger partial charge in [0.1, 0.15) is 0 Å². The largest absolute Gasteiger partial charge is 0.454 e. The highest BCUT2D eigenvalue weighted by Gasteiger charge is 2.14. The van der Waals surface area contributed by atoms with Crippen LogP contribution in [0.2, 0.25) is 0 Å². The Labute approximate surface area is 180 Å². The van der Waals surface area contributed by atoms with Crippen LogP contribution in [-0.4, -0.2) is 34.7 Å². The number of thioether (sulfide) groups is 1. The minimum absolute atomic E-state index is 0.135. The number of aromatic nitrogens is 2. The lowest BCUT2D eigenvalue weighted by Gasteiger charge is -2.05. The first-order valence-corrected chi connectivity index (χ1v) is 10.7. The molecule has 4 rings (SSSR count). The van der Waals surface area contributed by atoms with Crippen molar-refractivity contribution in [2.24, 2.45) is 0 Å². The number of urea groups is 1. The van der Waals surface area contributed by atoms with E-state index in [2.05, 4.69) is 26.1 Å². The molecular formula is C19H17N5O4S2. The van der Waals surface area contributed by atoms with Crippen LogP contribution in [0.1, 0.15) is 5.56 Å². The summed E-state index contributed by atoms with van der Waals surface area (Å²) in [5.74, 6) is 1.44. The van der Waals surface area contributed by atoms with Gasteiger partial charge in [-0.05, 0) is 29.8 Å². The van der Waals surface area contributed by atoms with Crippen LogP contribution in [0.4, 0.5) is 15.6 Å². The standard InChI is InChI=1S/C19H17N5O4S2/c25-16(20-9-12-6-7-14-15(8-12)28-11-27-14)10-29-19-24-23-18(30-19)22-17(26)21-13-4-2-1-3-5-13/h1-8H,9-11H2,(H,20,25)(H2,21,22,23,26). The number of anilines is 2. The monoisotopic (exact) mass is 443 g/mol. The first kappa shape index (κ1) is 20.0. The van der Waals surface area contributed by atoms with Gasteiger partial charge in [-0.15, -0.1) is 10.2 Å². The number of benzene rings is 2. The molecule has 0 radical (unpaired) electrons. The number of hydrogen-bond donors (Lipinski definition) is 3. The smallest absolute Gasteiger partial charge is 0.325 e. The van der Waals surface area contributed by atoms with Crippen LogP contribution < -0.4 is 25.4 Å². The van der Waals surface area contributed by atoms with E-state index in [1.54, 1.807) is 12.1 Å². The molecule has 0 spiro atoms. The highest BCUT2D eigenvalue weighted by Crippen LogP contribution is 2.32. The molecule has 2 heterocycles. The number of ether oxygens (including phenoxy) is 2. The Morgan fingerprint density at radius 3 is 2.73 bits per heavy atom. The zero-order valence-electron chi connectivity index (χ0n) is 15.6. The predicted molar refractivity (Wildman–Crippen MR) is 114 cm³/mol. The first-order valence-electron chi connectivity index (χ1n) is 8.90. The molecule has 0 aliphatic carbocycles. The second-order valence-electron chi connectivity index (χ2n) is 6.07. The van der Waals surface area contributed by atoms with Gasteiger partial charge >= 0.3 is 6.03 Å². The summed E-state index contributed by atoms with van der Waals surface area (Å²) in [6.07, 6.45) is 0. The number of hydrogen-bond acceptors (Lipinski definition) is 8. The van der Waals surface area contributed by atoms with Crippen molar-refractivity contribution in [1.29, 1.82) is 0 Å². The van der Waals surface area contributed by atoms with Gasteiger partial charge in [0, 0.05) is 12.2 Å². The van der Waals surface area contributed by atoms with Crippen molar-refractivity contribution < 1.29 is 19.1 Å². The average molecular weight is 444 g/mol. The Bertz CT molecular complexity index is 1040. The zero-order chi connectivity index (χ0) is 20.8. The van der Waals surface area contributed by atoms with E-state index in [-0.39, 0.29) is 18.5 Å². The summed E-state index contributed by atoms with van der Waals surface area (Å²) in [6.45, 7) is 0.604. The molecule has 3 N–H and O–H groups in total. The van der Waals surface area contributed by atoms with E-state index in [1.807, 2.05) is 36.4 Å². The van der Waals surface area contributed by atoms with E-state index in [4.69, 9.17) is 9.47 Å². The molecular weight excluding hydrogens is 426 g/mol. The number of rotatable bonds is 7. The molecule has 1 aliphatic rings. The summed E-state index contributed by atoms with van der Waals surface area (Å²) in [4.78, 5) is 24.1. The van der Waals surface area contributed by atoms with Crippen molar-refractivity contribution in [2.75, 3.05) is 23.2 Å². The molecule has 2 aromatic carbocycles. The van der Waals surface area contributed by atoms with Gasteiger partial charge < -0.3 is 20.1 Å². The van der Waals surface area contributed by atoms with E-state index in [0.717, 1.165) is 5.56 Å². The summed E-state index contributed by atoms with van der Waals surface area (Å²) < 4.78 is 11.2. The fourth-order valence-electron chi connectivity index (χ4n) is 2.53. The highest BCUT2D eigenvalue weighted by atomic mass is 32.2. The summed E-state index contributed by atoms with van der Waals surface area (Å²) in [7, 11) is 0. The van der Waals surface area contributed by atoms with Crippen LogP contribution in [0, 0.1) is 0 Å². The Balaban J connectivity index is 1.20. The summed E-state index contributed by atoms with van der Waals surface area (Å²) in [5, 5.41) is 16.4. The summed E-state index contributed by atoms with van der Waals surface area (Å²) >= 11 is 2.45. The molecule has 154 valence electrons. The number of nitrogens with one attached hydrogen (secondary N) is 3. The van der Waals surface area contributed by atoms with Gasteiger partial charge in [0.2, 0.25) is 17.8 Å². The van der Waals surface area contributed by atoms with Crippen LogP contribution in [0.25, 0.3) is 0 Å². The lowest BCUT2D eigenvalue weighted by Crippen LogP contribution is -2.24. The van der Waals surface area contributed by atoms with Crippen LogP contribution in [0.3, 0.4) is 0 Å². The number of amides is 3. The van der Waals surface area contributed by atoms with Crippen molar-refractivity contribution in [1.82, 2.24) is 15.5 Å². The molecule has 3 amide bonds. The number of carbonyl (C=O) groups excluding carboxylic acids is 2. The van der Waals surface area contributed by atoms with Crippen molar-refractivity contribution in [3.63, 3.8) is 0 Å². The molecule has 0 saturated carbocycles. The molecule has 0 unspecified atom stereocenters. The van der Waals surface area contributed by atoms with Crippen molar-refractivity contribution in [3.8, 4) is 11.5 Å². The van der Waals surface area contributed by atoms with Crippen LogP contribution >= 0.6 is 23.1 Å². The fourth-order valence-corrected chi connectivity index (χ4v) is 4.11. The molecule has 30 heavy (non-hydrogen) atoms. The highest BCUT2D eigenvalue weighted by molar-refractivity contribution is 8.01. The maximum absolute atomic E-state index is 12.1. The molecule has 0 fully saturated rings. The van der Waals surface area contributed by atoms with Gasteiger partial charge in [-0.2, -0.15) is 0 Å². The van der Waals surface area contributed by atoms with E-state index >= 15 is 0 Å². The SMILES string of the molecule is O=C(CSc1nnc(NC(=O)Nc2ccccc2)s1)NCc1ccc2c(c1)OCO2. The maximum Gasteiger partial charge on any atom is 0.325 e. The summed E-state index contributed by atoms with van der Waals surface area (Å²) in [5.41, 5.74) is 1.60. The quantitative estimate of drug-likeness (QED) is 0.379. The zero-order valence-corrected chi connectivity index (χ0v) is 17.2. The predicted octanol–water partition coefficient (Wildman–Crippen LogP) is 3.32. The maximum atomic E-state index is 12.1. The minimum Gasteiger partial charge on any atom is -0.454 e. The number of fused-ring (bicyclic) bond motifs is 1. The van der Waals surface area contributed by atoms with Crippen LogP contribution in [-0.2, 0) is 11.3 Å². The number of para-hydroxylation sites is 1. The van der Waals surface area contributed by atoms with Crippen molar-refractivity contribution in [2.45, 2.75) is 10.9 Å².